The largest absolute Gasteiger partial charge is 0.444 e. The Balaban J connectivity index is 2.18. The molecule has 1 fully saturated rings. The van der Waals surface area contributed by atoms with E-state index < -0.39 is 35.7 Å². The maximum atomic E-state index is 12.3. The van der Waals surface area contributed by atoms with Crippen molar-refractivity contribution in [2.24, 2.45) is 0 Å². The first-order valence-electron chi connectivity index (χ1n) is 8.59. The quantitative estimate of drug-likeness (QED) is 0.853. The van der Waals surface area contributed by atoms with E-state index in [1.807, 2.05) is 51.1 Å². The van der Waals surface area contributed by atoms with Crippen LogP contribution in [0.4, 0.5) is 4.79 Å². The van der Waals surface area contributed by atoms with Crippen molar-refractivity contribution >= 4 is 6.09 Å². The van der Waals surface area contributed by atoms with Crippen molar-refractivity contribution in [2.75, 3.05) is 6.61 Å². The highest BCUT2D eigenvalue weighted by Crippen LogP contribution is 2.31. The van der Waals surface area contributed by atoms with Crippen LogP contribution in [0.3, 0.4) is 0 Å². The van der Waals surface area contributed by atoms with Crippen LogP contribution in [0.15, 0.2) is 30.3 Å². The molecule has 140 valence electrons. The Bertz CT molecular complexity index is 567. The smallest absolute Gasteiger partial charge is 0.407 e. The Labute approximate surface area is 149 Å². The fourth-order valence-electron chi connectivity index (χ4n) is 2.92. The fraction of sp³-hybridized carbons (Fsp3) is 0.632. The third kappa shape index (κ3) is 5.99. The van der Waals surface area contributed by atoms with E-state index in [2.05, 4.69) is 5.32 Å². The number of carbonyl (C=O) groups is 1. The topological polar surface area (TPSA) is 77.0 Å². The molecule has 2 N–H and O–H groups in total. The van der Waals surface area contributed by atoms with Gasteiger partial charge >= 0.3 is 6.09 Å². The van der Waals surface area contributed by atoms with Crippen molar-refractivity contribution in [1.82, 2.24) is 5.32 Å². The van der Waals surface area contributed by atoms with E-state index in [9.17, 15) is 9.90 Å². The summed E-state index contributed by atoms with van der Waals surface area (Å²) in [5, 5.41) is 12.5. The van der Waals surface area contributed by atoms with Gasteiger partial charge in [0, 0.05) is 0 Å². The van der Waals surface area contributed by atoms with Crippen LogP contribution in [-0.2, 0) is 20.6 Å². The van der Waals surface area contributed by atoms with E-state index in [1.165, 1.54) is 0 Å². The van der Waals surface area contributed by atoms with Crippen LogP contribution in [0.2, 0.25) is 0 Å². The molecule has 1 heterocycles. The lowest BCUT2D eigenvalue weighted by molar-refractivity contribution is -0.151. The molecule has 1 aliphatic heterocycles. The maximum Gasteiger partial charge on any atom is 0.407 e. The molecular weight excluding hydrogens is 322 g/mol. The standard InChI is InChI=1S/C19H29NO5/c1-18(2,3)25-17(22)20-14(11-13-9-7-6-8-10-13)16-15(12-21)23-19(4,5)24-16/h6-10,14-16,21H,11-12H2,1-5H3,(H,20,22)/t14-,15-,16-/m0/s1. The third-order valence-electron chi connectivity index (χ3n) is 3.80. The number of ether oxygens (including phenoxy) is 3. The molecule has 1 amide bonds. The number of carbonyl (C=O) groups excluding carboxylic acids is 1. The molecule has 1 aliphatic rings. The predicted octanol–water partition coefficient (Wildman–Crippen LogP) is 2.63. The first-order chi connectivity index (χ1) is 11.6. The van der Waals surface area contributed by atoms with Gasteiger partial charge in [-0.05, 0) is 46.6 Å². The van der Waals surface area contributed by atoms with Crippen LogP contribution in [0, 0.1) is 0 Å². The van der Waals surface area contributed by atoms with Gasteiger partial charge in [0.15, 0.2) is 5.79 Å². The zero-order valence-corrected chi connectivity index (χ0v) is 15.6. The fourth-order valence-corrected chi connectivity index (χ4v) is 2.92. The lowest BCUT2D eigenvalue weighted by atomic mass is 9.98. The summed E-state index contributed by atoms with van der Waals surface area (Å²) in [7, 11) is 0. The lowest BCUT2D eigenvalue weighted by Gasteiger charge is -2.29. The van der Waals surface area contributed by atoms with Crippen molar-refractivity contribution < 1.29 is 24.1 Å². The molecule has 1 aromatic carbocycles. The van der Waals surface area contributed by atoms with Crippen LogP contribution in [-0.4, -0.2) is 47.4 Å². The summed E-state index contributed by atoms with van der Waals surface area (Å²) in [6.45, 7) is 8.84. The maximum absolute atomic E-state index is 12.3. The van der Waals surface area contributed by atoms with Crippen molar-refractivity contribution in [1.29, 1.82) is 0 Å². The van der Waals surface area contributed by atoms with E-state index in [0.717, 1.165) is 5.56 Å². The molecule has 3 atom stereocenters. The summed E-state index contributed by atoms with van der Waals surface area (Å²) in [6, 6.07) is 9.40. The molecule has 6 nitrogen and oxygen atoms in total. The number of rotatable bonds is 5. The first-order valence-corrected chi connectivity index (χ1v) is 8.59. The van der Waals surface area contributed by atoms with Crippen molar-refractivity contribution in [3.8, 4) is 0 Å². The monoisotopic (exact) mass is 351 g/mol. The van der Waals surface area contributed by atoms with Gasteiger partial charge in [-0.25, -0.2) is 4.79 Å². The highest BCUT2D eigenvalue weighted by Gasteiger charge is 2.45. The van der Waals surface area contributed by atoms with Crippen molar-refractivity contribution in [2.45, 2.75) is 70.7 Å². The number of benzene rings is 1. The SMILES string of the molecule is CC(C)(C)OC(=O)N[C@@H](Cc1ccccc1)[C@@H]1OC(C)(C)O[C@H]1CO. The van der Waals surface area contributed by atoms with Gasteiger partial charge in [0.2, 0.25) is 0 Å². The molecule has 1 aromatic rings. The molecule has 0 unspecified atom stereocenters. The predicted molar refractivity (Wildman–Crippen MR) is 94.2 cm³/mol. The van der Waals surface area contributed by atoms with E-state index in [1.54, 1.807) is 13.8 Å². The molecule has 25 heavy (non-hydrogen) atoms. The second-order valence-electron chi connectivity index (χ2n) is 7.76. The van der Waals surface area contributed by atoms with Crippen molar-refractivity contribution in [3.63, 3.8) is 0 Å². The second kappa shape index (κ2) is 7.72. The number of aliphatic hydroxyl groups excluding tert-OH is 1. The zero-order valence-electron chi connectivity index (χ0n) is 15.6. The Morgan fingerprint density at radius 1 is 1.28 bits per heavy atom. The summed E-state index contributed by atoms with van der Waals surface area (Å²) >= 11 is 0. The molecule has 0 aromatic heterocycles. The second-order valence-corrected chi connectivity index (χ2v) is 7.76. The summed E-state index contributed by atoms with van der Waals surface area (Å²) in [6.07, 6.45) is -0.967. The molecule has 0 aliphatic carbocycles. The van der Waals surface area contributed by atoms with E-state index >= 15 is 0 Å². The van der Waals surface area contributed by atoms with E-state index in [-0.39, 0.29) is 6.61 Å². The van der Waals surface area contributed by atoms with Gasteiger partial charge in [0.1, 0.15) is 17.8 Å². The van der Waals surface area contributed by atoms with E-state index in [4.69, 9.17) is 14.2 Å². The van der Waals surface area contributed by atoms with Crippen LogP contribution < -0.4 is 5.32 Å². The first kappa shape index (κ1) is 19.7. The van der Waals surface area contributed by atoms with E-state index in [0.29, 0.717) is 6.42 Å². The molecule has 0 bridgehead atoms. The number of alkyl carbamates (subject to hydrolysis) is 1. The summed E-state index contributed by atoms with van der Waals surface area (Å²) < 4.78 is 17.1. The molecular formula is C19H29NO5. The minimum atomic E-state index is -0.817. The molecule has 1 saturated heterocycles. The van der Waals surface area contributed by atoms with Crippen LogP contribution in [0.1, 0.15) is 40.2 Å². The Morgan fingerprint density at radius 3 is 2.48 bits per heavy atom. The van der Waals surface area contributed by atoms with Gasteiger partial charge in [-0.2, -0.15) is 0 Å². The van der Waals surface area contributed by atoms with Gasteiger partial charge in [-0.3, -0.25) is 0 Å². The third-order valence-corrected chi connectivity index (χ3v) is 3.80. The van der Waals surface area contributed by atoms with Gasteiger partial charge in [-0.15, -0.1) is 0 Å². The number of amides is 1. The molecule has 2 rings (SSSR count). The van der Waals surface area contributed by atoms with Gasteiger partial charge in [0.25, 0.3) is 0 Å². The van der Waals surface area contributed by atoms with Crippen LogP contribution in [0.25, 0.3) is 0 Å². The number of hydrogen-bond acceptors (Lipinski definition) is 5. The molecule has 6 heteroatoms. The minimum Gasteiger partial charge on any atom is -0.444 e. The lowest BCUT2D eigenvalue weighted by Crippen LogP contribution is -2.51. The zero-order chi connectivity index (χ0) is 18.7. The average molecular weight is 351 g/mol. The summed E-state index contributed by atoms with van der Waals surface area (Å²) in [4.78, 5) is 12.3. The highest BCUT2D eigenvalue weighted by atomic mass is 16.8. The molecule has 0 radical (unpaired) electrons. The number of nitrogens with one attached hydrogen (secondary N) is 1. The van der Waals surface area contributed by atoms with Gasteiger partial charge in [0.05, 0.1) is 12.6 Å². The van der Waals surface area contributed by atoms with Crippen LogP contribution in [0.5, 0.6) is 0 Å². The highest BCUT2D eigenvalue weighted by molar-refractivity contribution is 5.68. The number of aliphatic hydroxyl groups is 1. The summed E-state index contributed by atoms with van der Waals surface area (Å²) in [5.74, 6) is -0.817. The molecule has 0 spiro atoms. The van der Waals surface area contributed by atoms with Gasteiger partial charge in [-0.1, -0.05) is 30.3 Å². The van der Waals surface area contributed by atoms with Crippen molar-refractivity contribution in [3.05, 3.63) is 35.9 Å². The summed E-state index contributed by atoms with van der Waals surface area (Å²) in [5.41, 5.74) is 0.456. The normalized spacial score (nSPS) is 23.9. The van der Waals surface area contributed by atoms with Crippen LogP contribution >= 0.6 is 0 Å². The van der Waals surface area contributed by atoms with Gasteiger partial charge < -0.3 is 24.6 Å². The Hall–Kier alpha value is -1.63. The number of hydrogen-bond donors (Lipinski definition) is 2. The Morgan fingerprint density at radius 2 is 1.92 bits per heavy atom. The average Bonchev–Trinajstić information content (AvgIpc) is 2.81. The molecule has 0 saturated carbocycles. The Kier molecular flexibility index (Phi) is 6.08. The minimum absolute atomic E-state index is 0.185.